The number of carbonyl (C=O) groups excluding carboxylic acids is 2. The molecule has 3 amide bonds. The van der Waals surface area contributed by atoms with Gasteiger partial charge in [0, 0.05) is 38.6 Å². The highest BCUT2D eigenvalue weighted by molar-refractivity contribution is 5.84. The van der Waals surface area contributed by atoms with Crippen LogP contribution in [0.15, 0.2) is 91.6 Å². The van der Waals surface area contributed by atoms with Crippen molar-refractivity contribution < 1.29 is 9.59 Å². The molecule has 1 aromatic heterocycles. The van der Waals surface area contributed by atoms with Gasteiger partial charge in [0.1, 0.15) is 6.54 Å². The normalized spacial score (nSPS) is 10.4. The Labute approximate surface area is 189 Å². The van der Waals surface area contributed by atoms with Crippen LogP contribution in [0.4, 0.5) is 4.79 Å². The summed E-state index contributed by atoms with van der Waals surface area (Å²) in [5.41, 5.74) is 3.07. The molecule has 2 aromatic carbocycles. The van der Waals surface area contributed by atoms with Crippen molar-refractivity contribution in [1.82, 2.24) is 19.7 Å². The van der Waals surface area contributed by atoms with E-state index in [2.05, 4.69) is 11.9 Å². The van der Waals surface area contributed by atoms with E-state index in [9.17, 15) is 9.59 Å². The zero-order valence-electron chi connectivity index (χ0n) is 18.5. The number of rotatable bonds is 10. The van der Waals surface area contributed by atoms with Crippen LogP contribution in [0, 0.1) is 0 Å². The Balaban J connectivity index is 1.69. The minimum absolute atomic E-state index is 0.0239. The first-order chi connectivity index (χ1) is 15.6. The molecule has 0 saturated carbocycles. The topological polar surface area (TPSA) is 57.6 Å². The summed E-state index contributed by atoms with van der Waals surface area (Å²) >= 11 is 0. The molecule has 3 rings (SSSR count). The summed E-state index contributed by atoms with van der Waals surface area (Å²) in [4.78, 5) is 29.4. The Kier molecular flexibility index (Phi) is 8.26. The summed E-state index contributed by atoms with van der Waals surface area (Å²) in [5, 5.41) is 2.90. The predicted molar refractivity (Wildman–Crippen MR) is 127 cm³/mol. The van der Waals surface area contributed by atoms with E-state index in [0.717, 1.165) is 16.8 Å². The standard InChI is InChI=1S/C26H30N4O2/c1-3-16-29(26(32)27-18-22-11-6-4-7-12-22)21-25(31)30(19-23-13-8-5-9-14-23)20-24-15-10-17-28(24)2/h3-15,17H,1,16,18-21H2,2H3,(H,27,32). The third-order valence-corrected chi connectivity index (χ3v) is 5.22. The van der Waals surface area contributed by atoms with Gasteiger partial charge in [0.2, 0.25) is 5.91 Å². The Hall–Kier alpha value is -3.80. The largest absolute Gasteiger partial charge is 0.353 e. The van der Waals surface area contributed by atoms with E-state index < -0.39 is 0 Å². The zero-order valence-corrected chi connectivity index (χ0v) is 18.5. The van der Waals surface area contributed by atoms with Gasteiger partial charge < -0.3 is 19.7 Å². The molecule has 0 bridgehead atoms. The van der Waals surface area contributed by atoms with Gasteiger partial charge in [-0.2, -0.15) is 0 Å². The third-order valence-electron chi connectivity index (χ3n) is 5.22. The summed E-state index contributed by atoms with van der Waals surface area (Å²) in [7, 11) is 1.96. The molecule has 1 N–H and O–H groups in total. The van der Waals surface area contributed by atoms with Gasteiger partial charge in [-0.1, -0.05) is 66.7 Å². The molecule has 0 atom stereocenters. The Bertz CT molecular complexity index is 1010. The van der Waals surface area contributed by atoms with Crippen molar-refractivity contribution in [2.75, 3.05) is 13.1 Å². The van der Waals surface area contributed by atoms with E-state index >= 15 is 0 Å². The molecule has 0 fully saturated rings. The van der Waals surface area contributed by atoms with Crippen molar-refractivity contribution in [3.05, 3.63) is 108 Å². The van der Waals surface area contributed by atoms with E-state index in [0.29, 0.717) is 19.6 Å². The lowest BCUT2D eigenvalue weighted by Crippen LogP contribution is -2.46. The molecule has 6 nitrogen and oxygen atoms in total. The Morgan fingerprint density at radius 1 is 0.906 bits per heavy atom. The van der Waals surface area contributed by atoms with Crippen LogP contribution in [0.1, 0.15) is 16.8 Å². The zero-order chi connectivity index (χ0) is 22.8. The molecule has 6 heteroatoms. The molecule has 32 heavy (non-hydrogen) atoms. The number of nitrogens with zero attached hydrogens (tertiary/aromatic N) is 3. The van der Waals surface area contributed by atoms with Crippen molar-refractivity contribution in [3.8, 4) is 0 Å². The lowest BCUT2D eigenvalue weighted by Gasteiger charge is -2.27. The quantitative estimate of drug-likeness (QED) is 0.495. The lowest BCUT2D eigenvalue weighted by atomic mass is 10.2. The van der Waals surface area contributed by atoms with E-state index in [1.54, 1.807) is 11.0 Å². The molecular weight excluding hydrogens is 400 g/mol. The number of hydrogen-bond acceptors (Lipinski definition) is 2. The highest BCUT2D eigenvalue weighted by atomic mass is 16.2. The molecule has 1 heterocycles. The van der Waals surface area contributed by atoms with Gasteiger partial charge in [-0.3, -0.25) is 4.79 Å². The van der Waals surface area contributed by atoms with Crippen LogP contribution in [-0.4, -0.2) is 39.4 Å². The third kappa shape index (κ3) is 6.60. The fraction of sp³-hybridized carbons (Fsp3) is 0.231. The van der Waals surface area contributed by atoms with Crippen molar-refractivity contribution in [2.24, 2.45) is 7.05 Å². The number of hydrogen-bond donors (Lipinski definition) is 1. The minimum atomic E-state index is -0.291. The smallest absolute Gasteiger partial charge is 0.318 e. The van der Waals surface area contributed by atoms with Crippen molar-refractivity contribution in [1.29, 1.82) is 0 Å². The fourth-order valence-corrected chi connectivity index (χ4v) is 3.42. The minimum Gasteiger partial charge on any atom is -0.353 e. The van der Waals surface area contributed by atoms with Crippen LogP contribution < -0.4 is 5.32 Å². The summed E-state index contributed by atoms with van der Waals surface area (Å²) < 4.78 is 2.00. The number of nitrogens with one attached hydrogen (secondary N) is 1. The number of aryl methyl sites for hydroxylation is 1. The van der Waals surface area contributed by atoms with E-state index in [1.807, 2.05) is 90.6 Å². The van der Waals surface area contributed by atoms with Crippen LogP contribution in [-0.2, 0) is 31.5 Å². The van der Waals surface area contributed by atoms with E-state index in [1.165, 1.54) is 4.90 Å². The maximum atomic E-state index is 13.3. The van der Waals surface area contributed by atoms with Crippen molar-refractivity contribution >= 4 is 11.9 Å². The van der Waals surface area contributed by atoms with Crippen LogP contribution >= 0.6 is 0 Å². The summed E-state index contributed by atoms with van der Waals surface area (Å²) in [6.45, 7) is 5.34. The Morgan fingerprint density at radius 3 is 2.16 bits per heavy atom. The summed E-state index contributed by atoms with van der Waals surface area (Å²) in [6, 6.07) is 23.2. The molecular formula is C26H30N4O2. The predicted octanol–water partition coefficient (Wildman–Crippen LogP) is 3.95. The highest BCUT2D eigenvalue weighted by Gasteiger charge is 2.21. The lowest BCUT2D eigenvalue weighted by molar-refractivity contribution is -0.133. The van der Waals surface area contributed by atoms with Crippen LogP contribution in [0.5, 0.6) is 0 Å². The maximum Gasteiger partial charge on any atom is 0.318 e. The molecule has 0 radical (unpaired) electrons. The molecule has 0 spiro atoms. The van der Waals surface area contributed by atoms with Gasteiger partial charge >= 0.3 is 6.03 Å². The SMILES string of the molecule is C=CCN(CC(=O)N(Cc1ccccc1)Cc1cccn1C)C(=O)NCc1ccccc1. The molecule has 0 unspecified atom stereocenters. The fourth-order valence-electron chi connectivity index (χ4n) is 3.42. The number of aromatic nitrogens is 1. The first-order valence-electron chi connectivity index (χ1n) is 10.7. The number of amides is 3. The Morgan fingerprint density at radius 2 is 1.56 bits per heavy atom. The van der Waals surface area contributed by atoms with Gasteiger partial charge in [-0.05, 0) is 23.3 Å². The average molecular weight is 431 g/mol. The number of carbonyl (C=O) groups is 2. The van der Waals surface area contributed by atoms with Gasteiger partial charge in [0.15, 0.2) is 0 Å². The molecule has 166 valence electrons. The van der Waals surface area contributed by atoms with E-state index in [-0.39, 0.29) is 25.0 Å². The second-order valence-corrected chi connectivity index (χ2v) is 7.66. The molecule has 3 aromatic rings. The van der Waals surface area contributed by atoms with Gasteiger partial charge in [0.05, 0.1) is 6.54 Å². The molecule has 0 aliphatic heterocycles. The van der Waals surface area contributed by atoms with Crippen LogP contribution in [0.2, 0.25) is 0 Å². The summed E-state index contributed by atoms with van der Waals surface area (Å²) in [6.07, 6.45) is 3.59. The number of urea groups is 1. The highest BCUT2D eigenvalue weighted by Crippen LogP contribution is 2.12. The van der Waals surface area contributed by atoms with Gasteiger partial charge in [-0.25, -0.2) is 4.79 Å². The second-order valence-electron chi connectivity index (χ2n) is 7.66. The number of benzene rings is 2. The van der Waals surface area contributed by atoms with Crippen LogP contribution in [0.3, 0.4) is 0 Å². The van der Waals surface area contributed by atoms with Gasteiger partial charge in [0.25, 0.3) is 0 Å². The molecule has 0 aliphatic rings. The first kappa shape index (κ1) is 22.9. The second kappa shape index (κ2) is 11.6. The first-order valence-corrected chi connectivity index (χ1v) is 10.7. The van der Waals surface area contributed by atoms with Gasteiger partial charge in [-0.15, -0.1) is 6.58 Å². The monoisotopic (exact) mass is 430 g/mol. The van der Waals surface area contributed by atoms with Crippen molar-refractivity contribution in [3.63, 3.8) is 0 Å². The van der Waals surface area contributed by atoms with E-state index in [4.69, 9.17) is 0 Å². The van der Waals surface area contributed by atoms with Crippen LogP contribution in [0.25, 0.3) is 0 Å². The van der Waals surface area contributed by atoms with Crippen molar-refractivity contribution in [2.45, 2.75) is 19.6 Å². The molecule has 0 saturated heterocycles. The maximum absolute atomic E-state index is 13.3. The average Bonchev–Trinajstić information content (AvgIpc) is 3.22. The summed E-state index contributed by atoms with van der Waals surface area (Å²) in [5.74, 6) is -0.119. The molecule has 0 aliphatic carbocycles.